The molecule has 0 bridgehead atoms. The number of Topliss-reactive ketones (excluding diaryl/α,β-unsaturated/α-hetero) is 1. The molecule has 6 nitrogen and oxygen atoms in total. The number of amides is 2. The van der Waals surface area contributed by atoms with Crippen LogP contribution in [0.15, 0.2) is 77.3 Å². The topological polar surface area (TPSA) is 66.9 Å². The van der Waals surface area contributed by atoms with E-state index in [1.165, 1.54) is 4.90 Å². The summed E-state index contributed by atoms with van der Waals surface area (Å²) < 4.78 is 5.95. The normalized spacial score (nSPS) is 24.0. The Balaban J connectivity index is 1.48. The lowest BCUT2D eigenvalue weighted by molar-refractivity contribution is -0.122. The molecule has 0 saturated carbocycles. The number of hydrogen-bond acceptors (Lipinski definition) is 5. The van der Waals surface area contributed by atoms with Crippen LogP contribution in [0.1, 0.15) is 15.9 Å². The van der Waals surface area contributed by atoms with Crippen LogP contribution in [0.2, 0.25) is 5.02 Å². The summed E-state index contributed by atoms with van der Waals surface area (Å²) in [4.78, 5) is 44.9. The number of ether oxygens (including phenoxy) is 1. The van der Waals surface area contributed by atoms with E-state index in [9.17, 15) is 14.4 Å². The molecule has 6 rings (SSSR count). The molecule has 0 N–H and O–H groups in total. The molecule has 2 fully saturated rings. The fourth-order valence-corrected chi connectivity index (χ4v) is 6.32. The van der Waals surface area contributed by atoms with Crippen molar-refractivity contribution in [3.8, 4) is 5.75 Å². The summed E-state index contributed by atoms with van der Waals surface area (Å²) in [7, 11) is 1.55. The highest BCUT2D eigenvalue weighted by Gasteiger charge is 2.64. The average molecular weight is 564 g/mol. The number of imide groups is 1. The molecule has 0 aromatic heterocycles. The van der Waals surface area contributed by atoms with E-state index in [-0.39, 0.29) is 17.6 Å². The largest absolute Gasteiger partial charge is 0.496 e. The summed E-state index contributed by atoms with van der Waals surface area (Å²) in [5.74, 6) is -1.83. The molecule has 3 aliphatic heterocycles. The zero-order chi connectivity index (χ0) is 25.1. The number of carbonyl (C=O) groups excluding carboxylic acids is 3. The lowest BCUT2D eigenvalue weighted by atomic mass is 9.86. The van der Waals surface area contributed by atoms with Gasteiger partial charge in [-0.15, -0.1) is 0 Å². The van der Waals surface area contributed by atoms with Gasteiger partial charge >= 0.3 is 0 Å². The summed E-state index contributed by atoms with van der Waals surface area (Å²) >= 11 is 9.49. The highest BCUT2D eigenvalue weighted by molar-refractivity contribution is 9.10. The Kier molecular flexibility index (Phi) is 5.50. The maximum atomic E-state index is 14.1. The number of fused-ring (bicyclic) bond motifs is 5. The highest BCUT2D eigenvalue weighted by atomic mass is 79.9. The van der Waals surface area contributed by atoms with E-state index in [0.29, 0.717) is 26.5 Å². The van der Waals surface area contributed by atoms with Gasteiger partial charge in [-0.2, -0.15) is 0 Å². The van der Waals surface area contributed by atoms with Crippen molar-refractivity contribution >= 4 is 62.6 Å². The van der Waals surface area contributed by atoms with Gasteiger partial charge in [-0.3, -0.25) is 14.4 Å². The van der Waals surface area contributed by atoms with E-state index in [2.05, 4.69) is 15.9 Å². The molecule has 3 aromatic carbocycles. The van der Waals surface area contributed by atoms with Crippen molar-refractivity contribution in [3.63, 3.8) is 0 Å². The minimum atomic E-state index is -0.847. The molecule has 36 heavy (non-hydrogen) atoms. The predicted octanol–water partition coefficient (Wildman–Crippen LogP) is 5.38. The summed E-state index contributed by atoms with van der Waals surface area (Å²) in [5, 5.41) is 0.508. The lowest BCUT2D eigenvalue weighted by Crippen LogP contribution is -2.48. The second kappa shape index (κ2) is 8.61. The molecule has 180 valence electrons. The number of ketones is 1. The first-order valence-corrected chi connectivity index (χ1v) is 12.6. The summed E-state index contributed by atoms with van der Waals surface area (Å²) in [6, 6.07) is 18.2. The van der Waals surface area contributed by atoms with E-state index < -0.39 is 23.9 Å². The van der Waals surface area contributed by atoms with Gasteiger partial charge in [-0.05, 0) is 70.0 Å². The monoisotopic (exact) mass is 562 g/mol. The van der Waals surface area contributed by atoms with Gasteiger partial charge in [0.15, 0.2) is 5.78 Å². The van der Waals surface area contributed by atoms with E-state index in [1.54, 1.807) is 49.6 Å². The molecule has 0 unspecified atom stereocenters. The van der Waals surface area contributed by atoms with E-state index >= 15 is 0 Å². The molecule has 3 heterocycles. The van der Waals surface area contributed by atoms with Crippen LogP contribution in [-0.4, -0.2) is 36.8 Å². The Morgan fingerprint density at radius 3 is 2.42 bits per heavy atom. The van der Waals surface area contributed by atoms with Crippen molar-refractivity contribution in [1.29, 1.82) is 0 Å². The van der Waals surface area contributed by atoms with Crippen molar-refractivity contribution < 1.29 is 19.1 Å². The third kappa shape index (κ3) is 3.33. The number of para-hydroxylation sites is 1. The van der Waals surface area contributed by atoms with Gasteiger partial charge in [0, 0.05) is 16.3 Å². The Bertz CT molecular complexity index is 1450. The van der Waals surface area contributed by atoms with Crippen LogP contribution >= 0.6 is 27.5 Å². The van der Waals surface area contributed by atoms with Crippen LogP contribution < -0.4 is 14.5 Å². The molecular formula is C28H20BrClN2O4. The second-order valence-electron chi connectivity index (χ2n) is 9.01. The molecule has 0 aliphatic carbocycles. The quantitative estimate of drug-likeness (QED) is 0.315. The molecule has 0 spiro atoms. The van der Waals surface area contributed by atoms with Gasteiger partial charge in [0.2, 0.25) is 11.8 Å². The summed E-state index contributed by atoms with van der Waals surface area (Å²) in [6.45, 7) is 0. The molecule has 2 amide bonds. The van der Waals surface area contributed by atoms with E-state index in [1.807, 2.05) is 41.3 Å². The van der Waals surface area contributed by atoms with Gasteiger partial charge in [0.25, 0.3) is 0 Å². The highest BCUT2D eigenvalue weighted by Crippen LogP contribution is 2.50. The van der Waals surface area contributed by atoms with Crippen LogP contribution in [0.25, 0.3) is 6.08 Å². The Morgan fingerprint density at radius 2 is 1.69 bits per heavy atom. The Morgan fingerprint density at radius 1 is 0.972 bits per heavy atom. The summed E-state index contributed by atoms with van der Waals surface area (Å²) in [6.07, 6.45) is 3.90. The van der Waals surface area contributed by atoms with Crippen molar-refractivity contribution in [2.45, 2.75) is 12.1 Å². The van der Waals surface area contributed by atoms with Crippen molar-refractivity contribution in [1.82, 2.24) is 0 Å². The number of halogens is 2. The number of nitrogens with zero attached hydrogens (tertiary/aromatic N) is 2. The minimum Gasteiger partial charge on any atom is -0.496 e. The molecule has 2 saturated heterocycles. The third-order valence-electron chi connectivity index (χ3n) is 7.20. The number of methoxy groups -OCH3 is 1. The Hall–Kier alpha value is -3.42. The minimum absolute atomic E-state index is 0.222. The molecule has 3 aliphatic rings. The maximum Gasteiger partial charge on any atom is 0.240 e. The zero-order valence-electron chi connectivity index (χ0n) is 19.1. The first-order valence-electron chi connectivity index (χ1n) is 11.5. The third-order valence-corrected chi connectivity index (χ3v) is 8.08. The van der Waals surface area contributed by atoms with Crippen LogP contribution in [0.5, 0.6) is 5.75 Å². The molecule has 0 radical (unpaired) electrons. The number of benzene rings is 3. The van der Waals surface area contributed by atoms with Crippen molar-refractivity contribution in [2.75, 3.05) is 16.9 Å². The smallest absolute Gasteiger partial charge is 0.240 e. The Labute approximate surface area is 221 Å². The standard InChI is InChI=1S/C28H20BrClN2O4/c1-36-22-13-7-16(14-19(22)29)26(33)25-24-23(21-12-6-15-4-2-3-5-20(15)32(21)25)27(34)31(28(24)35)18-10-8-17(30)9-11-18/h2-14,21,23-25H,1H3/t21-,23+,24-,25+/m1/s1. The fraction of sp³-hybridized carbons (Fsp3) is 0.179. The van der Waals surface area contributed by atoms with Crippen LogP contribution in [0.3, 0.4) is 0 Å². The SMILES string of the molecule is COc1ccc(C(=O)[C@@H]2[C@@H]3C(=O)N(c4ccc(Cl)cc4)C(=O)[C@H]3[C@H]3C=Cc4ccccc4N32)cc1Br. The molecule has 4 atom stereocenters. The predicted molar refractivity (Wildman–Crippen MR) is 141 cm³/mol. The van der Waals surface area contributed by atoms with Gasteiger partial charge in [-0.1, -0.05) is 42.0 Å². The second-order valence-corrected chi connectivity index (χ2v) is 10.3. The average Bonchev–Trinajstić information content (AvgIpc) is 3.37. The number of hydrogen-bond donors (Lipinski definition) is 0. The van der Waals surface area contributed by atoms with E-state index in [0.717, 1.165) is 11.3 Å². The van der Waals surface area contributed by atoms with Crippen LogP contribution in [0.4, 0.5) is 11.4 Å². The zero-order valence-corrected chi connectivity index (χ0v) is 21.4. The molecular weight excluding hydrogens is 544 g/mol. The maximum absolute atomic E-state index is 14.1. The summed E-state index contributed by atoms with van der Waals surface area (Å²) in [5.41, 5.74) is 2.67. The van der Waals surface area contributed by atoms with Crippen molar-refractivity contribution in [3.05, 3.63) is 93.4 Å². The van der Waals surface area contributed by atoms with Crippen LogP contribution in [0, 0.1) is 11.8 Å². The first-order chi connectivity index (χ1) is 17.4. The molecule has 8 heteroatoms. The number of anilines is 2. The van der Waals surface area contributed by atoms with Gasteiger partial charge in [0.1, 0.15) is 11.8 Å². The van der Waals surface area contributed by atoms with Gasteiger partial charge in [0.05, 0.1) is 35.1 Å². The number of rotatable bonds is 4. The van der Waals surface area contributed by atoms with E-state index in [4.69, 9.17) is 16.3 Å². The lowest BCUT2D eigenvalue weighted by Gasteiger charge is -2.36. The van der Waals surface area contributed by atoms with Crippen molar-refractivity contribution in [2.24, 2.45) is 11.8 Å². The fourth-order valence-electron chi connectivity index (χ4n) is 5.65. The number of carbonyl (C=O) groups is 3. The molecule has 3 aromatic rings. The van der Waals surface area contributed by atoms with Crippen LogP contribution in [-0.2, 0) is 9.59 Å². The van der Waals surface area contributed by atoms with Gasteiger partial charge in [-0.25, -0.2) is 4.90 Å². The van der Waals surface area contributed by atoms with Gasteiger partial charge < -0.3 is 9.64 Å². The first kappa shape index (κ1) is 23.0.